The molecule has 2 saturated heterocycles. The third-order valence-electron chi connectivity index (χ3n) is 6.34. The number of benzene rings is 1. The van der Waals surface area contributed by atoms with Gasteiger partial charge in [-0.2, -0.15) is 0 Å². The number of ether oxygens (including phenoxy) is 1. The molecule has 2 amide bonds. The smallest absolute Gasteiger partial charge is 0.317 e. The van der Waals surface area contributed by atoms with Crippen LogP contribution in [0.1, 0.15) is 26.2 Å². The van der Waals surface area contributed by atoms with Crippen molar-refractivity contribution in [2.75, 3.05) is 57.4 Å². The van der Waals surface area contributed by atoms with Crippen LogP contribution in [0.2, 0.25) is 0 Å². The number of piperazine rings is 1. The Labute approximate surface area is 168 Å². The Morgan fingerprint density at radius 3 is 2.57 bits per heavy atom. The molecule has 1 aromatic rings. The SMILES string of the molecule is CC(CNC(=O)N(CC1CCOC1)C1CC1)N1CCN(c2ccccc2)CC1. The highest BCUT2D eigenvalue weighted by Crippen LogP contribution is 2.29. The Morgan fingerprint density at radius 1 is 1.18 bits per heavy atom. The zero-order valence-electron chi connectivity index (χ0n) is 17.1. The Kier molecular flexibility index (Phi) is 6.37. The highest BCUT2D eigenvalue weighted by atomic mass is 16.5. The van der Waals surface area contributed by atoms with Gasteiger partial charge in [-0.05, 0) is 38.3 Å². The van der Waals surface area contributed by atoms with Crippen molar-refractivity contribution >= 4 is 11.7 Å². The van der Waals surface area contributed by atoms with Gasteiger partial charge in [-0.15, -0.1) is 0 Å². The van der Waals surface area contributed by atoms with Crippen LogP contribution in [0, 0.1) is 5.92 Å². The van der Waals surface area contributed by atoms with Gasteiger partial charge < -0.3 is 19.9 Å². The summed E-state index contributed by atoms with van der Waals surface area (Å²) in [5.41, 5.74) is 1.30. The molecule has 2 heterocycles. The van der Waals surface area contributed by atoms with Crippen molar-refractivity contribution in [1.29, 1.82) is 0 Å². The molecular formula is C22H34N4O2. The molecule has 154 valence electrons. The lowest BCUT2D eigenvalue weighted by Crippen LogP contribution is -2.53. The molecule has 1 aliphatic carbocycles. The van der Waals surface area contributed by atoms with E-state index in [0.29, 0.717) is 24.5 Å². The number of rotatable bonds is 7. The van der Waals surface area contributed by atoms with Crippen molar-refractivity contribution in [3.63, 3.8) is 0 Å². The predicted molar refractivity (Wildman–Crippen MR) is 112 cm³/mol. The average Bonchev–Trinajstić information content (AvgIpc) is 3.46. The van der Waals surface area contributed by atoms with Gasteiger partial charge in [-0.1, -0.05) is 18.2 Å². The molecule has 6 nitrogen and oxygen atoms in total. The van der Waals surface area contributed by atoms with Gasteiger partial charge in [0.2, 0.25) is 0 Å². The fourth-order valence-electron chi connectivity index (χ4n) is 4.31. The van der Waals surface area contributed by atoms with Crippen LogP contribution in [0.15, 0.2) is 30.3 Å². The second kappa shape index (κ2) is 9.14. The Bertz CT molecular complexity index is 623. The molecule has 4 rings (SSSR count). The maximum absolute atomic E-state index is 12.8. The summed E-state index contributed by atoms with van der Waals surface area (Å²) in [7, 11) is 0. The van der Waals surface area contributed by atoms with Crippen molar-refractivity contribution < 1.29 is 9.53 Å². The van der Waals surface area contributed by atoms with Crippen LogP contribution >= 0.6 is 0 Å². The quantitative estimate of drug-likeness (QED) is 0.782. The fraction of sp³-hybridized carbons (Fsp3) is 0.682. The van der Waals surface area contributed by atoms with Crippen LogP contribution in [-0.4, -0.2) is 80.4 Å². The van der Waals surface area contributed by atoms with Crippen LogP contribution in [0.3, 0.4) is 0 Å². The standard InChI is InChI=1S/C22H34N4O2/c1-18(24-10-12-25(13-11-24)20-5-3-2-4-6-20)15-23-22(27)26(21-7-8-21)16-19-9-14-28-17-19/h2-6,18-19,21H,7-17H2,1H3,(H,23,27). The minimum Gasteiger partial charge on any atom is -0.381 e. The Hall–Kier alpha value is -1.79. The van der Waals surface area contributed by atoms with E-state index < -0.39 is 0 Å². The van der Waals surface area contributed by atoms with Crippen molar-refractivity contribution in [2.24, 2.45) is 5.92 Å². The first kappa shape index (κ1) is 19.5. The predicted octanol–water partition coefficient (Wildman–Crippen LogP) is 2.41. The largest absolute Gasteiger partial charge is 0.381 e. The second-order valence-corrected chi connectivity index (χ2v) is 8.51. The number of nitrogens with one attached hydrogen (secondary N) is 1. The van der Waals surface area contributed by atoms with E-state index in [1.54, 1.807) is 0 Å². The minimum absolute atomic E-state index is 0.115. The molecule has 1 saturated carbocycles. The third-order valence-corrected chi connectivity index (χ3v) is 6.34. The lowest BCUT2D eigenvalue weighted by molar-refractivity contribution is 0.156. The molecule has 2 aliphatic heterocycles. The monoisotopic (exact) mass is 386 g/mol. The number of hydrogen-bond acceptors (Lipinski definition) is 4. The molecule has 0 aromatic heterocycles. The Balaban J connectivity index is 1.21. The molecule has 0 radical (unpaired) electrons. The first-order chi connectivity index (χ1) is 13.7. The highest BCUT2D eigenvalue weighted by molar-refractivity contribution is 5.75. The summed E-state index contributed by atoms with van der Waals surface area (Å²) in [6, 6.07) is 11.6. The molecule has 3 aliphatic rings. The summed E-state index contributed by atoms with van der Waals surface area (Å²) < 4.78 is 5.49. The van der Waals surface area contributed by atoms with Crippen LogP contribution in [0.4, 0.5) is 10.5 Å². The van der Waals surface area contributed by atoms with Crippen LogP contribution in [0.25, 0.3) is 0 Å². The fourth-order valence-corrected chi connectivity index (χ4v) is 4.31. The van der Waals surface area contributed by atoms with E-state index in [4.69, 9.17) is 4.74 Å². The van der Waals surface area contributed by atoms with Crippen molar-refractivity contribution in [1.82, 2.24) is 15.1 Å². The van der Waals surface area contributed by atoms with Gasteiger partial charge in [0, 0.05) is 69.6 Å². The number of urea groups is 1. The summed E-state index contributed by atoms with van der Waals surface area (Å²) in [5, 5.41) is 3.21. The normalized spacial score (nSPS) is 24.2. The summed E-state index contributed by atoms with van der Waals surface area (Å²) >= 11 is 0. The maximum Gasteiger partial charge on any atom is 0.317 e. The van der Waals surface area contributed by atoms with Gasteiger partial charge in [0.25, 0.3) is 0 Å². The number of nitrogens with zero attached hydrogens (tertiary/aromatic N) is 3. The second-order valence-electron chi connectivity index (χ2n) is 8.51. The van der Waals surface area contributed by atoms with Crippen molar-refractivity contribution in [3.8, 4) is 0 Å². The highest BCUT2D eigenvalue weighted by Gasteiger charge is 2.35. The van der Waals surface area contributed by atoms with Crippen LogP contribution in [-0.2, 0) is 4.74 Å². The number of amides is 2. The number of para-hydroxylation sites is 1. The molecule has 6 heteroatoms. The number of anilines is 1. The number of carbonyl (C=O) groups excluding carboxylic acids is 1. The molecule has 1 aromatic carbocycles. The van der Waals surface area contributed by atoms with Gasteiger partial charge in [0.1, 0.15) is 0 Å². The summed E-state index contributed by atoms with van der Waals surface area (Å²) in [5.74, 6) is 0.509. The Morgan fingerprint density at radius 2 is 1.93 bits per heavy atom. The average molecular weight is 387 g/mol. The number of carbonyl (C=O) groups is 1. The van der Waals surface area contributed by atoms with E-state index in [0.717, 1.165) is 65.2 Å². The van der Waals surface area contributed by atoms with E-state index in [-0.39, 0.29) is 6.03 Å². The molecule has 2 atom stereocenters. The van der Waals surface area contributed by atoms with E-state index in [2.05, 4.69) is 57.3 Å². The third kappa shape index (κ3) is 4.97. The van der Waals surface area contributed by atoms with Crippen molar-refractivity contribution in [2.45, 2.75) is 38.3 Å². The zero-order chi connectivity index (χ0) is 19.3. The summed E-state index contributed by atoms with van der Waals surface area (Å²) in [6.07, 6.45) is 3.38. The van der Waals surface area contributed by atoms with Gasteiger partial charge in [0.15, 0.2) is 0 Å². The minimum atomic E-state index is 0.115. The molecular weight excluding hydrogens is 352 g/mol. The lowest BCUT2D eigenvalue weighted by atomic mass is 10.1. The van der Waals surface area contributed by atoms with E-state index >= 15 is 0 Å². The molecule has 2 unspecified atom stereocenters. The molecule has 1 N–H and O–H groups in total. The maximum atomic E-state index is 12.8. The lowest BCUT2D eigenvalue weighted by Gasteiger charge is -2.39. The zero-order valence-corrected chi connectivity index (χ0v) is 17.1. The summed E-state index contributed by atoms with van der Waals surface area (Å²) in [4.78, 5) is 19.8. The van der Waals surface area contributed by atoms with Gasteiger partial charge >= 0.3 is 6.03 Å². The van der Waals surface area contributed by atoms with Gasteiger partial charge in [-0.25, -0.2) is 4.79 Å². The van der Waals surface area contributed by atoms with E-state index in [1.807, 2.05) is 0 Å². The molecule has 3 fully saturated rings. The topological polar surface area (TPSA) is 48.1 Å². The van der Waals surface area contributed by atoms with Gasteiger partial charge in [-0.3, -0.25) is 4.90 Å². The van der Waals surface area contributed by atoms with E-state index in [1.165, 1.54) is 5.69 Å². The van der Waals surface area contributed by atoms with Gasteiger partial charge in [0.05, 0.1) is 6.61 Å². The van der Waals surface area contributed by atoms with Crippen LogP contribution < -0.4 is 10.2 Å². The van der Waals surface area contributed by atoms with Crippen LogP contribution in [0.5, 0.6) is 0 Å². The number of hydrogen-bond donors (Lipinski definition) is 1. The van der Waals surface area contributed by atoms with Crippen molar-refractivity contribution in [3.05, 3.63) is 30.3 Å². The first-order valence-corrected chi connectivity index (χ1v) is 10.9. The van der Waals surface area contributed by atoms with E-state index in [9.17, 15) is 4.79 Å². The first-order valence-electron chi connectivity index (χ1n) is 10.9. The molecule has 28 heavy (non-hydrogen) atoms. The summed E-state index contributed by atoms with van der Waals surface area (Å²) in [6.45, 7) is 9.60. The molecule has 0 spiro atoms. The molecule has 0 bridgehead atoms.